The quantitative estimate of drug-likeness (QED) is 0.767. The third kappa shape index (κ3) is 5.77. The zero-order valence-corrected chi connectivity index (χ0v) is 12.4. The van der Waals surface area contributed by atoms with Crippen molar-refractivity contribution in [3.8, 4) is 0 Å². The molecule has 108 valence electrons. The lowest BCUT2D eigenvalue weighted by Gasteiger charge is -2.19. The van der Waals surface area contributed by atoms with Gasteiger partial charge in [0.15, 0.2) is 0 Å². The number of alkyl carbamates (subject to hydrolysis) is 1. The molecule has 1 saturated carbocycles. The molecule has 0 spiro atoms. The summed E-state index contributed by atoms with van der Waals surface area (Å²) in [5, 5.41) is 2.84. The highest BCUT2D eigenvalue weighted by molar-refractivity contribution is 5.81. The van der Waals surface area contributed by atoms with Crippen molar-refractivity contribution in [2.75, 3.05) is 0 Å². The first kappa shape index (κ1) is 15.5. The molecule has 1 aliphatic carbocycles. The lowest BCUT2D eigenvalue weighted by molar-refractivity contribution is 0.0522. The third-order valence-electron chi connectivity index (χ3n) is 2.63. The molecular weight excluding hydrogens is 242 g/mol. The topological polar surface area (TPSA) is 76.7 Å². The smallest absolute Gasteiger partial charge is 0.407 e. The van der Waals surface area contributed by atoms with E-state index in [2.05, 4.69) is 10.3 Å². The Labute approximate surface area is 115 Å². The van der Waals surface area contributed by atoms with E-state index in [-0.39, 0.29) is 24.1 Å². The summed E-state index contributed by atoms with van der Waals surface area (Å²) in [5.74, 6) is 0.250. The Kier molecular flexibility index (Phi) is 4.97. The van der Waals surface area contributed by atoms with E-state index >= 15 is 0 Å². The molecule has 3 N–H and O–H groups in total. The second kappa shape index (κ2) is 6.08. The molecule has 0 aromatic heterocycles. The van der Waals surface area contributed by atoms with Crippen molar-refractivity contribution >= 4 is 12.3 Å². The number of aliphatic imine (C=N–C) groups is 1. The molecule has 5 nitrogen and oxygen atoms in total. The maximum atomic E-state index is 11.6. The molecule has 0 aromatic carbocycles. The van der Waals surface area contributed by atoms with E-state index in [1.807, 2.05) is 34.6 Å². The minimum absolute atomic E-state index is 0.100. The van der Waals surface area contributed by atoms with Crippen molar-refractivity contribution in [1.82, 2.24) is 5.32 Å². The van der Waals surface area contributed by atoms with Crippen molar-refractivity contribution in [2.24, 2.45) is 16.6 Å². The minimum Gasteiger partial charge on any atom is -0.444 e. The average Bonchev–Trinajstić information content (AvgIpc) is 2.94. The summed E-state index contributed by atoms with van der Waals surface area (Å²) < 4.78 is 5.21. The van der Waals surface area contributed by atoms with Crippen molar-refractivity contribution in [1.29, 1.82) is 0 Å². The van der Waals surface area contributed by atoms with Crippen LogP contribution >= 0.6 is 0 Å². The Hall–Kier alpha value is -1.52. The second-order valence-corrected chi connectivity index (χ2v) is 6.13. The largest absolute Gasteiger partial charge is 0.444 e. The molecule has 5 heteroatoms. The van der Waals surface area contributed by atoms with Gasteiger partial charge in [0.05, 0.1) is 0 Å². The van der Waals surface area contributed by atoms with Gasteiger partial charge in [0.25, 0.3) is 0 Å². The first-order valence-electron chi connectivity index (χ1n) is 6.67. The molecule has 0 saturated heterocycles. The summed E-state index contributed by atoms with van der Waals surface area (Å²) in [6, 6.07) is 0.342. The summed E-state index contributed by atoms with van der Waals surface area (Å²) >= 11 is 0. The number of nitrogens with two attached hydrogens (primary N) is 1. The van der Waals surface area contributed by atoms with Crippen molar-refractivity contribution in [3.63, 3.8) is 0 Å². The van der Waals surface area contributed by atoms with E-state index in [0.717, 1.165) is 12.0 Å². The molecule has 19 heavy (non-hydrogen) atoms. The van der Waals surface area contributed by atoms with Gasteiger partial charge >= 0.3 is 6.09 Å². The number of hydrogen-bond acceptors (Lipinski definition) is 4. The summed E-state index contributed by atoms with van der Waals surface area (Å²) in [7, 11) is 0. The maximum absolute atomic E-state index is 11.6. The van der Waals surface area contributed by atoms with E-state index in [0.29, 0.717) is 0 Å². The summed E-state index contributed by atoms with van der Waals surface area (Å²) in [4.78, 5) is 15.9. The van der Waals surface area contributed by atoms with Crippen LogP contribution in [0.2, 0.25) is 0 Å². The van der Waals surface area contributed by atoms with Gasteiger partial charge in [-0.1, -0.05) is 0 Å². The van der Waals surface area contributed by atoms with Crippen LogP contribution in [0.15, 0.2) is 16.8 Å². The highest BCUT2D eigenvalue weighted by Crippen LogP contribution is 2.36. The van der Waals surface area contributed by atoms with Crippen LogP contribution in [0.4, 0.5) is 4.79 Å². The van der Waals surface area contributed by atoms with E-state index in [9.17, 15) is 4.79 Å². The fourth-order valence-electron chi connectivity index (χ4n) is 1.68. The predicted octanol–water partition coefficient (Wildman–Crippen LogP) is 2.22. The molecule has 2 unspecified atom stereocenters. The first-order valence-corrected chi connectivity index (χ1v) is 6.67. The molecule has 0 aliphatic heterocycles. The van der Waals surface area contributed by atoms with Crippen LogP contribution in [-0.4, -0.2) is 30.0 Å². The Bertz CT molecular complexity index is 381. The molecule has 0 aromatic rings. The van der Waals surface area contributed by atoms with Gasteiger partial charge in [-0.25, -0.2) is 4.79 Å². The Morgan fingerprint density at radius 3 is 2.58 bits per heavy atom. The second-order valence-electron chi connectivity index (χ2n) is 6.13. The third-order valence-corrected chi connectivity index (χ3v) is 2.63. The van der Waals surface area contributed by atoms with Crippen molar-refractivity contribution < 1.29 is 9.53 Å². The number of carbonyl (C=O) groups excluding carboxylic acids is 1. The van der Waals surface area contributed by atoms with Crippen LogP contribution in [0.1, 0.15) is 41.0 Å². The van der Waals surface area contributed by atoms with Gasteiger partial charge in [0.2, 0.25) is 0 Å². The molecule has 1 fully saturated rings. The van der Waals surface area contributed by atoms with Crippen LogP contribution in [0.3, 0.4) is 0 Å². The number of hydrogen-bond donors (Lipinski definition) is 2. The molecule has 0 radical (unpaired) electrons. The number of nitrogens with one attached hydrogen (secondary N) is 1. The Morgan fingerprint density at radius 2 is 2.11 bits per heavy atom. The molecule has 0 heterocycles. The van der Waals surface area contributed by atoms with Gasteiger partial charge in [-0.2, -0.15) is 0 Å². The summed E-state index contributed by atoms with van der Waals surface area (Å²) in [5.41, 5.74) is 6.09. The molecule has 1 rings (SSSR count). The van der Waals surface area contributed by atoms with E-state index < -0.39 is 5.60 Å². The van der Waals surface area contributed by atoms with Crippen molar-refractivity contribution in [3.05, 3.63) is 11.8 Å². The summed E-state index contributed by atoms with van der Waals surface area (Å²) in [6.45, 7) is 9.55. The highest BCUT2D eigenvalue weighted by Gasteiger charge is 2.41. The van der Waals surface area contributed by atoms with Gasteiger partial charge in [0, 0.05) is 24.2 Å². The van der Waals surface area contributed by atoms with Crippen LogP contribution in [-0.2, 0) is 4.74 Å². The van der Waals surface area contributed by atoms with Gasteiger partial charge < -0.3 is 15.8 Å². The lowest BCUT2D eigenvalue weighted by atomic mass is 10.2. The number of carbonyl (C=O) groups is 1. The maximum Gasteiger partial charge on any atom is 0.407 e. The zero-order valence-electron chi connectivity index (χ0n) is 12.4. The van der Waals surface area contributed by atoms with Crippen molar-refractivity contribution in [2.45, 2.75) is 58.7 Å². The predicted molar refractivity (Wildman–Crippen MR) is 77.2 cm³/mol. The molecule has 0 bridgehead atoms. The lowest BCUT2D eigenvalue weighted by Crippen LogP contribution is -2.34. The molecular formula is C14H25N3O2. The fraction of sp³-hybridized carbons (Fsp3) is 0.714. The van der Waals surface area contributed by atoms with Crippen LogP contribution in [0.5, 0.6) is 0 Å². The van der Waals surface area contributed by atoms with E-state index in [4.69, 9.17) is 10.5 Å². The molecule has 2 atom stereocenters. The van der Waals surface area contributed by atoms with Crippen LogP contribution in [0.25, 0.3) is 0 Å². The minimum atomic E-state index is -0.472. The standard InChI is InChI=1S/C14H25N3O2/c1-9(2)16-8-10(7-15)11-6-12(11)17-13(18)19-14(3,4)5/h7-9,11-12H,6,15H2,1-5H3,(H,17,18). The normalized spacial score (nSPS) is 23.8. The van der Waals surface area contributed by atoms with Gasteiger partial charge in [0.1, 0.15) is 5.60 Å². The van der Waals surface area contributed by atoms with Gasteiger partial charge in [-0.15, -0.1) is 0 Å². The zero-order chi connectivity index (χ0) is 14.6. The van der Waals surface area contributed by atoms with Crippen LogP contribution < -0.4 is 11.1 Å². The number of ether oxygens (including phenoxy) is 1. The summed E-state index contributed by atoms with van der Waals surface area (Å²) in [6.07, 6.45) is 3.86. The van der Waals surface area contributed by atoms with Gasteiger partial charge in [-0.3, -0.25) is 4.99 Å². The molecule has 1 amide bonds. The van der Waals surface area contributed by atoms with Crippen LogP contribution in [0, 0.1) is 5.92 Å². The number of rotatable bonds is 4. The van der Waals surface area contributed by atoms with Gasteiger partial charge in [-0.05, 0) is 52.8 Å². The molecule has 1 aliphatic rings. The number of amides is 1. The SMILES string of the molecule is CC(C)N=CC(=CN)C1CC1NC(=O)OC(C)(C)C. The monoisotopic (exact) mass is 267 g/mol. The van der Waals surface area contributed by atoms with E-state index in [1.165, 1.54) is 0 Å². The van der Waals surface area contributed by atoms with E-state index in [1.54, 1.807) is 12.4 Å². The fourth-order valence-corrected chi connectivity index (χ4v) is 1.68. The Balaban J connectivity index is 2.44. The first-order chi connectivity index (χ1) is 8.73. The highest BCUT2D eigenvalue weighted by atomic mass is 16.6. The Morgan fingerprint density at radius 1 is 1.47 bits per heavy atom. The average molecular weight is 267 g/mol. The number of nitrogens with zero attached hydrogens (tertiary/aromatic N) is 1.